The third kappa shape index (κ3) is 0.598. The average Bonchev–Trinajstić information content (AvgIpc) is 2.33. The Bertz CT molecular complexity index is 281. The molecular weight excluding hydrogens is 112 g/mol. The monoisotopic (exact) mass is 117 g/mol. The highest BCUT2D eigenvalue weighted by molar-refractivity contribution is 5.43. The van der Waals surface area contributed by atoms with E-state index in [1.807, 2.05) is 30.5 Å². The predicted molar refractivity (Wildman–Crippen MR) is 34.0 cm³/mol. The molecule has 0 aromatic carbocycles. The summed E-state index contributed by atoms with van der Waals surface area (Å²) in [5.74, 6) is 0. The molecule has 0 amide bonds. The number of hydrogen-bond donors (Lipinski definition) is 0. The third-order valence-corrected chi connectivity index (χ3v) is 1.25. The summed E-state index contributed by atoms with van der Waals surface area (Å²) in [6, 6.07) is 7.75. The minimum absolute atomic E-state index is 1.08. The summed E-state index contributed by atoms with van der Waals surface area (Å²) in [5, 5.41) is 3.91. The van der Waals surface area contributed by atoms with Crippen LogP contribution < -0.4 is 0 Å². The van der Waals surface area contributed by atoms with Gasteiger partial charge < -0.3 is 0 Å². The molecule has 0 aliphatic heterocycles. The molecule has 2 aromatic rings. The minimum Gasteiger partial charge on any atom is -0.240 e. The van der Waals surface area contributed by atoms with Gasteiger partial charge in [0.2, 0.25) is 0 Å². The molecule has 2 nitrogen and oxygen atoms in total. The van der Waals surface area contributed by atoms with Crippen LogP contribution >= 0.6 is 0 Å². The van der Waals surface area contributed by atoms with Crippen molar-refractivity contribution < 1.29 is 0 Å². The van der Waals surface area contributed by atoms with E-state index in [-0.39, 0.29) is 0 Å². The van der Waals surface area contributed by atoms with Crippen molar-refractivity contribution in [1.29, 1.82) is 0 Å². The maximum absolute atomic E-state index is 3.91. The van der Waals surface area contributed by atoms with Crippen molar-refractivity contribution in [3.05, 3.63) is 36.7 Å². The summed E-state index contributed by atoms with van der Waals surface area (Å²) in [4.78, 5) is 0. The SMILES string of the molecule is [c]1cc2ccccn2n1. The zero-order valence-corrected chi connectivity index (χ0v) is 4.78. The summed E-state index contributed by atoms with van der Waals surface area (Å²) >= 11 is 0. The zero-order chi connectivity index (χ0) is 6.10. The van der Waals surface area contributed by atoms with Crippen molar-refractivity contribution in [3.63, 3.8) is 0 Å². The number of hydrogen-bond acceptors (Lipinski definition) is 1. The molecule has 0 bridgehead atoms. The largest absolute Gasteiger partial charge is 0.240 e. The third-order valence-electron chi connectivity index (χ3n) is 1.25. The fourth-order valence-corrected chi connectivity index (χ4v) is 0.810. The van der Waals surface area contributed by atoms with E-state index in [0.29, 0.717) is 0 Å². The molecule has 9 heavy (non-hydrogen) atoms. The molecule has 2 heteroatoms. The van der Waals surface area contributed by atoms with E-state index in [2.05, 4.69) is 11.3 Å². The van der Waals surface area contributed by atoms with Crippen LogP contribution in [0.1, 0.15) is 0 Å². The maximum Gasteiger partial charge on any atom is 0.114 e. The van der Waals surface area contributed by atoms with E-state index >= 15 is 0 Å². The summed E-state index contributed by atoms with van der Waals surface area (Å²) in [6.07, 6.45) is 4.65. The van der Waals surface area contributed by atoms with Crippen LogP contribution in [-0.2, 0) is 0 Å². The molecule has 0 spiro atoms. The van der Waals surface area contributed by atoms with Crippen molar-refractivity contribution in [2.75, 3.05) is 0 Å². The quantitative estimate of drug-likeness (QED) is 0.505. The lowest BCUT2D eigenvalue weighted by Crippen LogP contribution is -1.81. The highest BCUT2D eigenvalue weighted by atomic mass is 15.2. The van der Waals surface area contributed by atoms with Gasteiger partial charge in [0.1, 0.15) is 6.20 Å². The van der Waals surface area contributed by atoms with E-state index in [9.17, 15) is 0 Å². The molecule has 0 unspecified atom stereocenters. The van der Waals surface area contributed by atoms with Gasteiger partial charge in [-0.25, -0.2) is 4.52 Å². The molecule has 43 valence electrons. The number of nitrogens with zero attached hydrogens (tertiary/aromatic N) is 2. The first-order valence-electron chi connectivity index (χ1n) is 2.77. The molecular formula is C7H5N2. The van der Waals surface area contributed by atoms with Gasteiger partial charge in [0.25, 0.3) is 0 Å². The van der Waals surface area contributed by atoms with Crippen LogP contribution in [0.25, 0.3) is 5.52 Å². The number of rotatable bonds is 0. The molecule has 1 radical (unpaired) electrons. The Morgan fingerprint density at radius 2 is 2.44 bits per heavy atom. The molecule has 0 fully saturated rings. The maximum atomic E-state index is 3.91. The molecule has 0 N–H and O–H groups in total. The Morgan fingerprint density at radius 3 is 3.33 bits per heavy atom. The Labute approximate surface area is 52.7 Å². The van der Waals surface area contributed by atoms with Crippen molar-refractivity contribution in [2.45, 2.75) is 0 Å². The Hall–Kier alpha value is -1.31. The number of pyridine rings is 1. The standard InChI is InChI=1S/C7H5N2/c1-2-6-9-7(3-1)4-5-8-9/h1-4,6H. The van der Waals surface area contributed by atoms with Crippen LogP contribution in [-0.4, -0.2) is 9.61 Å². The van der Waals surface area contributed by atoms with Gasteiger partial charge in [-0.2, -0.15) is 5.10 Å². The Balaban J connectivity index is 2.95. The normalized spacial score (nSPS) is 10.2. The van der Waals surface area contributed by atoms with Gasteiger partial charge in [-0.1, -0.05) is 6.07 Å². The molecule has 2 heterocycles. The van der Waals surface area contributed by atoms with Crippen LogP contribution in [0, 0.1) is 6.20 Å². The first kappa shape index (κ1) is 4.56. The Kier molecular flexibility index (Phi) is 0.803. The molecule has 0 saturated heterocycles. The van der Waals surface area contributed by atoms with Gasteiger partial charge in [0, 0.05) is 6.20 Å². The van der Waals surface area contributed by atoms with E-state index in [1.165, 1.54) is 0 Å². The second kappa shape index (κ2) is 1.58. The highest BCUT2D eigenvalue weighted by Gasteiger charge is 1.86. The van der Waals surface area contributed by atoms with Crippen molar-refractivity contribution in [1.82, 2.24) is 9.61 Å². The van der Waals surface area contributed by atoms with Gasteiger partial charge in [-0.15, -0.1) is 0 Å². The van der Waals surface area contributed by atoms with Gasteiger partial charge in [0.05, 0.1) is 5.52 Å². The molecule has 0 saturated carbocycles. The van der Waals surface area contributed by atoms with E-state index in [1.54, 1.807) is 4.52 Å². The second-order valence-corrected chi connectivity index (χ2v) is 1.84. The van der Waals surface area contributed by atoms with Gasteiger partial charge >= 0.3 is 0 Å². The smallest absolute Gasteiger partial charge is 0.114 e. The van der Waals surface area contributed by atoms with Gasteiger partial charge in [-0.05, 0) is 18.2 Å². The van der Waals surface area contributed by atoms with E-state index in [0.717, 1.165) is 5.52 Å². The minimum atomic E-state index is 1.08. The zero-order valence-electron chi connectivity index (χ0n) is 4.78. The van der Waals surface area contributed by atoms with E-state index in [4.69, 9.17) is 0 Å². The first-order chi connectivity index (χ1) is 4.47. The molecule has 2 rings (SSSR count). The van der Waals surface area contributed by atoms with Gasteiger partial charge in [-0.3, -0.25) is 0 Å². The molecule has 0 atom stereocenters. The van der Waals surface area contributed by atoms with Crippen molar-refractivity contribution in [3.8, 4) is 0 Å². The Morgan fingerprint density at radius 1 is 1.44 bits per heavy atom. The molecule has 0 aliphatic rings. The van der Waals surface area contributed by atoms with Crippen LogP contribution in [0.15, 0.2) is 30.5 Å². The predicted octanol–water partition coefficient (Wildman–Crippen LogP) is 1.13. The lowest BCUT2D eigenvalue weighted by atomic mass is 10.4. The number of fused-ring (bicyclic) bond motifs is 1. The van der Waals surface area contributed by atoms with Crippen LogP contribution in [0.4, 0.5) is 0 Å². The molecule has 0 aliphatic carbocycles. The van der Waals surface area contributed by atoms with Crippen LogP contribution in [0.3, 0.4) is 0 Å². The topological polar surface area (TPSA) is 17.3 Å². The summed E-state index contributed by atoms with van der Waals surface area (Å²) < 4.78 is 1.78. The second-order valence-electron chi connectivity index (χ2n) is 1.84. The van der Waals surface area contributed by atoms with Crippen LogP contribution in [0.2, 0.25) is 0 Å². The van der Waals surface area contributed by atoms with E-state index < -0.39 is 0 Å². The summed E-state index contributed by atoms with van der Waals surface area (Å²) in [5.41, 5.74) is 1.08. The lowest BCUT2D eigenvalue weighted by molar-refractivity contribution is 0.957. The first-order valence-corrected chi connectivity index (χ1v) is 2.77. The number of aromatic nitrogens is 2. The highest BCUT2D eigenvalue weighted by Crippen LogP contribution is 1.97. The fraction of sp³-hybridized carbons (Fsp3) is 0. The molecule has 2 aromatic heterocycles. The lowest BCUT2D eigenvalue weighted by Gasteiger charge is -1.86. The average molecular weight is 117 g/mol. The van der Waals surface area contributed by atoms with Crippen molar-refractivity contribution in [2.24, 2.45) is 0 Å². The van der Waals surface area contributed by atoms with Crippen molar-refractivity contribution >= 4 is 5.52 Å². The van der Waals surface area contributed by atoms with Crippen LogP contribution in [0.5, 0.6) is 0 Å². The summed E-state index contributed by atoms with van der Waals surface area (Å²) in [6.45, 7) is 0. The van der Waals surface area contributed by atoms with Gasteiger partial charge in [0.15, 0.2) is 0 Å². The summed E-state index contributed by atoms with van der Waals surface area (Å²) in [7, 11) is 0. The fourth-order valence-electron chi connectivity index (χ4n) is 0.810.